The van der Waals surface area contributed by atoms with Crippen LogP contribution >= 0.6 is 20.1 Å². The van der Waals surface area contributed by atoms with Gasteiger partial charge in [0.25, 0.3) is 0 Å². The molecule has 0 aromatic heterocycles. The van der Waals surface area contributed by atoms with Crippen molar-refractivity contribution in [1.82, 2.24) is 0 Å². The molecule has 1 rings (SSSR count). The van der Waals surface area contributed by atoms with E-state index in [0.29, 0.717) is 0 Å². The third kappa shape index (κ3) is 1.08. The summed E-state index contributed by atoms with van der Waals surface area (Å²) < 4.78 is 8.53. The number of hydrogen-bond donors (Lipinski definition) is 1. The van der Waals surface area contributed by atoms with Crippen LogP contribution in [0.25, 0.3) is 0 Å². The molecule has 1 saturated heterocycles. The first-order chi connectivity index (χ1) is 2.89. The Labute approximate surface area is 46.0 Å². The van der Waals surface area contributed by atoms with E-state index in [1.165, 1.54) is 21.7 Å². The molecule has 6 heavy (non-hydrogen) atoms. The number of rotatable bonds is 0. The average molecular weight is 199 g/mol. The molecule has 1 nitrogen and oxygen atoms in total. The van der Waals surface area contributed by atoms with Gasteiger partial charge < -0.3 is 0 Å². The van der Waals surface area contributed by atoms with Gasteiger partial charge in [0.1, 0.15) is 0 Å². The molecule has 1 fully saturated rings. The van der Waals surface area contributed by atoms with Crippen LogP contribution in [0.3, 0.4) is 0 Å². The first-order valence-electron chi connectivity index (χ1n) is 2.25. The van der Waals surface area contributed by atoms with E-state index in [4.69, 9.17) is 3.95 Å². The fourth-order valence-electron chi connectivity index (χ4n) is 0.627. The van der Waals surface area contributed by atoms with E-state index in [2.05, 4.69) is 0 Å². The Balaban J connectivity index is 2.18. The van der Waals surface area contributed by atoms with E-state index < -0.39 is 20.1 Å². The van der Waals surface area contributed by atoms with Gasteiger partial charge in [0.15, 0.2) is 0 Å². The van der Waals surface area contributed by atoms with Crippen LogP contribution in [0.5, 0.6) is 0 Å². The van der Waals surface area contributed by atoms with E-state index >= 15 is 0 Å². The molecule has 0 atom stereocenters. The average Bonchev–Trinajstić information content (AvgIpc) is 1.86. The minimum absolute atomic E-state index is 0.690. The molecular formula is C4H10IN. The Morgan fingerprint density at radius 1 is 1.17 bits per heavy atom. The predicted molar refractivity (Wildman–Crippen MR) is 37.2 cm³/mol. The van der Waals surface area contributed by atoms with Crippen LogP contribution in [0.4, 0.5) is 0 Å². The molecular weight excluding hydrogens is 189 g/mol. The molecule has 0 saturated carbocycles. The molecule has 0 aliphatic carbocycles. The summed E-state index contributed by atoms with van der Waals surface area (Å²) in [4.78, 5) is 0. The van der Waals surface area contributed by atoms with Crippen molar-refractivity contribution >= 4 is 20.1 Å². The van der Waals surface area contributed by atoms with Gasteiger partial charge in [-0.1, -0.05) is 0 Å². The number of hydrogen-bond acceptors (Lipinski definition) is 1. The first-order valence-corrected chi connectivity index (χ1v) is 6.55. The van der Waals surface area contributed by atoms with E-state index in [1.807, 2.05) is 0 Å². The van der Waals surface area contributed by atoms with Gasteiger partial charge in [-0.25, -0.2) is 0 Å². The van der Waals surface area contributed by atoms with Crippen LogP contribution < -0.4 is 3.95 Å². The zero-order chi connectivity index (χ0) is 4.41. The van der Waals surface area contributed by atoms with Gasteiger partial charge in [-0.2, -0.15) is 0 Å². The van der Waals surface area contributed by atoms with E-state index in [1.54, 1.807) is 0 Å². The maximum absolute atomic E-state index is 5.69. The summed E-state index contributed by atoms with van der Waals surface area (Å²) in [5.74, 6) is 0. The molecule has 0 radical (unpaired) electrons. The monoisotopic (exact) mass is 199 g/mol. The molecule has 0 aromatic carbocycles. The second-order valence-corrected chi connectivity index (χ2v) is 6.58. The zero-order valence-electron chi connectivity index (χ0n) is 3.78. The number of halogens is 1. The van der Waals surface area contributed by atoms with E-state index in [0.717, 1.165) is 0 Å². The summed E-state index contributed by atoms with van der Waals surface area (Å²) in [5, 5.41) is 0. The quantitative estimate of drug-likeness (QED) is 0.353. The third-order valence-electron chi connectivity index (χ3n) is 1.00. The summed E-state index contributed by atoms with van der Waals surface area (Å²) in [6.07, 6.45) is 2.86. The van der Waals surface area contributed by atoms with Crippen LogP contribution in [0.2, 0.25) is 0 Å². The molecule has 1 aliphatic heterocycles. The summed E-state index contributed by atoms with van der Waals surface area (Å²) >= 11 is -0.690. The van der Waals surface area contributed by atoms with Crippen LogP contribution in [0, 0.1) is 0 Å². The maximum atomic E-state index is 5.69. The van der Waals surface area contributed by atoms with Gasteiger partial charge in [0.2, 0.25) is 0 Å². The van der Waals surface area contributed by atoms with Gasteiger partial charge in [0, 0.05) is 0 Å². The molecule has 0 amide bonds. The number of alkyl halides is 2. The molecule has 38 valence electrons. The van der Waals surface area contributed by atoms with Gasteiger partial charge in [0.05, 0.1) is 0 Å². The Hall–Kier alpha value is 0.690. The van der Waals surface area contributed by atoms with Crippen LogP contribution in [-0.4, -0.2) is 8.86 Å². The molecule has 0 spiro atoms. The summed E-state index contributed by atoms with van der Waals surface area (Å²) in [6, 6.07) is 0. The van der Waals surface area contributed by atoms with Gasteiger partial charge in [-0.05, 0) is 0 Å². The fraction of sp³-hybridized carbons (Fsp3) is 1.00. The van der Waals surface area contributed by atoms with Crippen molar-refractivity contribution < 1.29 is 0 Å². The third-order valence-corrected chi connectivity index (χ3v) is 5.30. The Morgan fingerprint density at radius 2 is 1.67 bits per heavy atom. The van der Waals surface area contributed by atoms with Crippen LogP contribution in [0.1, 0.15) is 12.8 Å². The topological polar surface area (TPSA) is 26.0 Å². The molecule has 2 heteroatoms. The zero-order valence-corrected chi connectivity index (χ0v) is 5.94. The van der Waals surface area contributed by atoms with Gasteiger partial charge in [-0.15, -0.1) is 0 Å². The van der Waals surface area contributed by atoms with E-state index in [9.17, 15) is 0 Å². The summed E-state index contributed by atoms with van der Waals surface area (Å²) in [7, 11) is 0. The molecule has 1 aliphatic rings. The molecule has 0 bridgehead atoms. The molecule has 1 heterocycles. The van der Waals surface area contributed by atoms with Crippen molar-refractivity contribution in [3.05, 3.63) is 0 Å². The van der Waals surface area contributed by atoms with E-state index in [-0.39, 0.29) is 0 Å². The van der Waals surface area contributed by atoms with Crippen molar-refractivity contribution in [2.75, 3.05) is 8.86 Å². The normalized spacial score (nSPS) is 28.5. The second kappa shape index (κ2) is 2.12. The minimum atomic E-state index is -0.690. The standard InChI is InChI=1S/C4H10IN/c6-5-3-1-2-4-5/h1-4,6H2. The van der Waals surface area contributed by atoms with Crippen LogP contribution in [0.15, 0.2) is 0 Å². The number of nitrogens with two attached hydrogens (primary N) is 1. The fourth-order valence-corrected chi connectivity index (χ4v) is 4.20. The summed E-state index contributed by atoms with van der Waals surface area (Å²) in [5.41, 5.74) is 0. The molecule has 2 N–H and O–H groups in total. The second-order valence-electron chi connectivity index (χ2n) is 1.58. The predicted octanol–water partition coefficient (Wildman–Crippen LogP) is 1.16. The Kier molecular flexibility index (Phi) is 1.71. The van der Waals surface area contributed by atoms with Crippen molar-refractivity contribution in [1.29, 1.82) is 0 Å². The summed E-state index contributed by atoms with van der Waals surface area (Å²) in [6.45, 7) is 0. The van der Waals surface area contributed by atoms with Gasteiger partial charge in [-0.3, -0.25) is 0 Å². The molecule has 0 unspecified atom stereocenters. The Morgan fingerprint density at radius 3 is 1.83 bits per heavy atom. The first kappa shape index (κ1) is 4.84. The molecule has 0 aromatic rings. The van der Waals surface area contributed by atoms with Gasteiger partial charge >= 0.3 is 45.7 Å². The van der Waals surface area contributed by atoms with Crippen molar-refractivity contribution in [3.63, 3.8) is 0 Å². The van der Waals surface area contributed by atoms with Crippen molar-refractivity contribution in [3.8, 4) is 0 Å². The van der Waals surface area contributed by atoms with Crippen molar-refractivity contribution in [2.45, 2.75) is 12.8 Å². The SMILES string of the molecule is NI1CCCC1. The Bertz CT molecular complexity index is 40.8. The van der Waals surface area contributed by atoms with Crippen molar-refractivity contribution in [2.24, 2.45) is 3.95 Å². The van der Waals surface area contributed by atoms with Crippen LogP contribution in [-0.2, 0) is 0 Å².